The Bertz CT molecular complexity index is 1270. The van der Waals surface area contributed by atoms with Crippen LogP contribution < -0.4 is 10.1 Å². The number of halogens is 1. The zero-order valence-corrected chi connectivity index (χ0v) is 22.0. The first-order valence-electron chi connectivity index (χ1n) is 12.0. The van der Waals surface area contributed by atoms with E-state index in [1.54, 1.807) is 19.4 Å². The van der Waals surface area contributed by atoms with E-state index < -0.39 is 0 Å². The molecule has 0 saturated carbocycles. The van der Waals surface area contributed by atoms with Crippen LogP contribution in [-0.2, 0) is 6.54 Å². The summed E-state index contributed by atoms with van der Waals surface area (Å²) in [6, 6.07) is 17.8. The van der Waals surface area contributed by atoms with E-state index in [1.165, 1.54) is 5.56 Å². The molecule has 184 valence electrons. The number of para-hydroxylation sites is 1. The van der Waals surface area contributed by atoms with Crippen molar-refractivity contribution in [3.63, 3.8) is 0 Å². The molecule has 2 aromatic heterocycles. The normalized spacial score (nSPS) is 14.4. The lowest BCUT2D eigenvalue weighted by Gasteiger charge is -2.33. The molecule has 7 nitrogen and oxygen atoms in total. The van der Waals surface area contributed by atoms with E-state index >= 15 is 0 Å². The Morgan fingerprint density at radius 1 is 1.09 bits per heavy atom. The lowest BCUT2D eigenvalue weighted by molar-refractivity contribution is 0.211. The van der Waals surface area contributed by atoms with Crippen LogP contribution in [0.2, 0.25) is 0 Å². The fourth-order valence-corrected chi connectivity index (χ4v) is 4.69. The number of phenols is 1. The maximum Gasteiger partial charge on any atom is 0.172 e. The molecule has 0 atom stereocenters. The third-order valence-corrected chi connectivity index (χ3v) is 6.65. The highest BCUT2D eigenvalue weighted by Crippen LogP contribution is 2.31. The van der Waals surface area contributed by atoms with Crippen LogP contribution in [0.15, 0.2) is 65.3 Å². The Morgan fingerprint density at radius 3 is 2.60 bits per heavy atom. The van der Waals surface area contributed by atoms with Crippen molar-refractivity contribution >= 4 is 27.4 Å². The van der Waals surface area contributed by atoms with Gasteiger partial charge in [-0.25, -0.2) is 4.98 Å². The number of phenolic OH excluding ortho intramolecular Hbond substituents is 1. The first-order chi connectivity index (χ1) is 17.1. The fraction of sp³-hybridized carbons (Fsp3) is 0.333. The number of anilines is 1. The molecule has 0 amide bonds. The molecule has 0 unspecified atom stereocenters. The van der Waals surface area contributed by atoms with Crippen molar-refractivity contribution in [3.05, 3.63) is 70.8 Å². The van der Waals surface area contributed by atoms with Crippen LogP contribution in [0.5, 0.6) is 11.5 Å². The van der Waals surface area contributed by atoms with Crippen LogP contribution in [0.4, 0.5) is 5.82 Å². The van der Waals surface area contributed by atoms with Gasteiger partial charge in [0.1, 0.15) is 17.3 Å². The first-order valence-corrected chi connectivity index (χ1v) is 12.8. The van der Waals surface area contributed by atoms with Gasteiger partial charge in [0.15, 0.2) is 5.65 Å². The van der Waals surface area contributed by atoms with Gasteiger partial charge in [0.05, 0.1) is 23.5 Å². The van der Waals surface area contributed by atoms with Crippen LogP contribution in [0.3, 0.4) is 0 Å². The number of aromatic nitrogens is 3. The second kappa shape index (κ2) is 11.6. The average Bonchev–Trinajstić information content (AvgIpc) is 3.27. The highest BCUT2D eigenvalue weighted by molar-refractivity contribution is 9.10. The number of nitrogens with one attached hydrogen (secondary N) is 1. The second-order valence-corrected chi connectivity index (χ2v) is 9.17. The molecule has 4 aromatic rings. The number of fused-ring (bicyclic) bond motifs is 1. The standard InChI is InChI=1S/C25H26BrN5O2.C2H6/c1-33-19-6-4-5-17(13-19)16-30-11-9-18(10-12-30)28-24-14-22(20-7-2-3-8-23(20)32)29-25-21(26)15-27-31(24)25;1-2/h2-8,13-15,18,28,32H,9-12,16H2,1H3;1-2H3. The molecule has 8 heteroatoms. The summed E-state index contributed by atoms with van der Waals surface area (Å²) >= 11 is 3.55. The quantitative estimate of drug-likeness (QED) is 0.315. The predicted octanol–water partition coefficient (Wildman–Crippen LogP) is 5.98. The molecule has 0 aliphatic carbocycles. The van der Waals surface area contributed by atoms with E-state index in [1.807, 2.05) is 54.8 Å². The molecule has 1 fully saturated rings. The Balaban J connectivity index is 0.00000141. The highest BCUT2D eigenvalue weighted by atomic mass is 79.9. The molecule has 2 aromatic carbocycles. The Hall–Kier alpha value is -3.10. The zero-order valence-electron chi connectivity index (χ0n) is 20.4. The number of nitrogens with zero attached hydrogens (tertiary/aromatic N) is 4. The van der Waals surface area contributed by atoms with Crippen LogP contribution in [0, 0.1) is 0 Å². The Kier molecular flexibility index (Phi) is 8.25. The summed E-state index contributed by atoms with van der Waals surface area (Å²) in [4.78, 5) is 7.21. The third kappa shape index (κ3) is 5.77. The van der Waals surface area contributed by atoms with Crippen molar-refractivity contribution in [1.82, 2.24) is 19.5 Å². The minimum absolute atomic E-state index is 0.210. The third-order valence-electron chi connectivity index (χ3n) is 6.09. The number of ether oxygens (including phenoxy) is 1. The molecule has 5 rings (SSSR count). The number of aromatic hydroxyl groups is 1. The number of likely N-dealkylation sites (tertiary alicyclic amines) is 1. The van der Waals surface area contributed by atoms with E-state index in [0.29, 0.717) is 22.9 Å². The summed E-state index contributed by atoms with van der Waals surface area (Å²) in [7, 11) is 1.70. The lowest BCUT2D eigenvalue weighted by Crippen LogP contribution is -2.39. The Morgan fingerprint density at radius 2 is 1.86 bits per heavy atom. The van der Waals surface area contributed by atoms with Gasteiger partial charge >= 0.3 is 0 Å². The van der Waals surface area contributed by atoms with Gasteiger partial charge in [-0.15, -0.1) is 0 Å². The van der Waals surface area contributed by atoms with Crippen molar-refractivity contribution in [1.29, 1.82) is 0 Å². The number of hydrogen-bond acceptors (Lipinski definition) is 6. The zero-order chi connectivity index (χ0) is 24.8. The highest BCUT2D eigenvalue weighted by Gasteiger charge is 2.21. The molecule has 1 aliphatic heterocycles. The summed E-state index contributed by atoms with van der Waals surface area (Å²) < 4.78 is 7.98. The Labute approximate surface area is 214 Å². The summed E-state index contributed by atoms with van der Waals surface area (Å²) in [6.45, 7) is 6.95. The molecule has 1 aliphatic rings. The number of hydrogen-bond donors (Lipinski definition) is 2. The van der Waals surface area contributed by atoms with Crippen LogP contribution in [-0.4, -0.2) is 50.8 Å². The largest absolute Gasteiger partial charge is 0.507 e. The average molecular weight is 538 g/mol. The summed E-state index contributed by atoms with van der Waals surface area (Å²) in [5, 5.41) is 18.5. The van der Waals surface area contributed by atoms with Crippen molar-refractivity contribution in [3.8, 4) is 22.8 Å². The number of benzene rings is 2. The molecular weight excluding hydrogens is 506 g/mol. The maximum absolute atomic E-state index is 10.3. The fourth-order valence-electron chi connectivity index (χ4n) is 4.34. The van der Waals surface area contributed by atoms with E-state index in [-0.39, 0.29) is 5.75 Å². The van der Waals surface area contributed by atoms with Gasteiger partial charge in [0, 0.05) is 37.3 Å². The molecule has 1 saturated heterocycles. The summed E-state index contributed by atoms with van der Waals surface area (Å²) in [5.41, 5.74) is 3.39. The second-order valence-electron chi connectivity index (χ2n) is 8.32. The molecule has 3 heterocycles. The maximum atomic E-state index is 10.3. The van der Waals surface area contributed by atoms with Crippen molar-refractivity contribution < 1.29 is 9.84 Å². The van der Waals surface area contributed by atoms with Gasteiger partial charge in [-0.05, 0) is 58.6 Å². The molecule has 0 radical (unpaired) electrons. The molecule has 2 N–H and O–H groups in total. The number of methoxy groups -OCH3 is 1. The summed E-state index contributed by atoms with van der Waals surface area (Å²) in [5.74, 6) is 1.98. The van der Waals surface area contributed by atoms with Crippen molar-refractivity contribution in [2.45, 2.75) is 39.3 Å². The first kappa shape index (κ1) is 25.0. The lowest BCUT2D eigenvalue weighted by atomic mass is 10.0. The van der Waals surface area contributed by atoms with Gasteiger partial charge in [0.25, 0.3) is 0 Å². The number of rotatable bonds is 6. The van der Waals surface area contributed by atoms with Crippen molar-refractivity contribution in [2.24, 2.45) is 0 Å². The number of piperidine rings is 1. The van der Waals surface area contributed by atoms with Crippen LogP contribution in [0.1, 0.15) is 32.3 Å². The summed E-state index contributed by atoms with van der Waals surface area (Å²) in [6.07, 6.45) is 3.81. The van der Waals surface area contributed by atoms with Gasteiger partial charge in [-0.3, -0.25) is 4.90 Å². The minimum Gasteiger partial charge on any atom is -0.507 e. The van der Waals surface area contributed by atoms with Gasteiger partial charge in [0.2, 0.25) is 0 Å². The monoisotopic (exact) mass is 537 g/mol. The van der Waals surface area contributed by atoms with E-state index in [2.05, 4.69) is 43.4 Å². The minimum atomic E-state index is 0.210. The van der Waals surface area contributed by atoms with E-state index in [4.69, 9.17) is 9.72 Å². The van der Waals surface area contributed by atoms with Crippen molar-refractivity contribution in [2.75, 3.05) is 25.5 Å². The van der Waals surface area contributed by atoms with Crippen LogP contribution >= 0.6 is 15.9 Å². The van der Waals surface area contributed by atoms with Gasteiger partial charge in [-0.1, -0.05) is 38.1 Å². The van der Waals surface area contributed by atoms with E-state index in [0.717, 1.165) is 48.5 Å². The topological polar surface area (TPSA) is 74.9 Å². The predicted molar refractivity (Wildman–Crippen MR) is 144 cm³/mol. The van der Waals surface area contributed by atoms with Crippen LogP contribution in [0.25, 0.3) is 16.9 Å². The van der Waals surface area contributed by atoms with Gasteiger partial charge < -0.3 is 15.2 Å². The smallest absolute Gasteiger partial charge is 0.172 e. The molecule has 0 bridgehead atoms. The van der Waals surface area contributed by atoms with E-state index in [9.17, 15) is 5.11 Å². The molecule has 35 heavy (non-hydrogen) atoms. The molecular formula is C27H32BrN5O2. The SMILES string of the molecule is CC.COc1cccc(CN2CCC(Nc3cc(-c4ccccc4O)nc4c(Br)cnn34)CC2)c1. The van der Waals surface area contributed by atoms with Gasteiger partial charge in [-0.2, -0.15) is 9.61 Å². The molecule has 0 spiro atoms.